The highest BCUT2D eigenvalue weighted by atomic mass is 32.2. The van der Waals surface area contributed by atoms with Crippen molar-refractivity contribution < 1.29 is 9.32 Å². The molecular weight excluding hydrogens is 581 g/mol. The third-order valence-corrected chi connectivity index (χ3v) is 7.88. The summed E-state index contributed by atoms with van der Waals surface area (Å²) in [4.78, 5) is 11.4. The quantitative estimate of drug-likeness (QED) is 0.0623. The lowest BCUT2D eigenvalue weighted by molar-refractivity contribution is -0.203. The average molecular weight is 619 g/mol. The molecule has 45 heavy (non-hydrogen) atoms. The average Bonchev–Trinajstić information content (AvgIpc) is 3.03. The van der Waals surface area contributed by atoms with E-state index >= 15 is 0 Å². The smallest absolute Gasteiger partial charge is 0.161 e. The molecule has 0 bridgehead atoms. The summed E-state index contributed by atoms with van der Waals surface area (Å²) in [5, 5.41) is 18.1. The van der Waals surface area contributed by atoms with Gasteiger partial charge in [0.25, 0.3) is 0 Å². The fourth-order valence-electron chi connectivity index (χ4n) is 4.88. The van der Waals surface area contributed by atoms with Crippen LogP contribution in [0.25, 0.3) is 0 Å². The molecule has 230 valence electrons. The molecule has 1 heterocycles. The van der Waals surface area contributed by atoms with Gasteiger partial charge in [-0.2, -0.15) is 5.11 Å². The molecular formula is C36H38N6O2S. The normalized spacial score (nSPS) is 11.2. The molecule has 1 aromatic heterocycles. The molecule has 0 aliphatic rings. The molecule has 0 saturated heterocycles. The Morgan fingerprint density at radius 2 is 1.31 bits per heavy atom. The molecule has 9 heteroatoms. The van der Waals surface area contributed by atoms with Gasteiger partial charge in [-0.05, 0) is 106 Å². The lowest BCUT2D eigenvalue weighted by Gasteiger charge is -2.19. The third-order valence-electron chi connectivity index (χ3n) is 7.31. The molecule has 0 aliphatic heterocycles. The van der Waals surface area contributed by atoms with Gasteiger partial charge in [-0.1, -0.05) is 65.7 Å². The summed E-state index contributed by atoms with van der Waals surface area (Å²) in [6, 6.07) is 31.9. The van der Waals surface area contributed by atoms with Crippen LogP contribution < -0.4 is 15.7 Å². The van der Waals surface area contributed by atoms with E-state index in [9.17, 15) is 0 Å². The first-order valence-electron chi connectivity index (χ1n) is 14.9. The predicted octanol–water partition coefficient (Wildman–Crippen LogP) is 10.9. The number of rotatable bonds is 12. The number of benzene rings is 4. The van der Waals surface area contributed by atoms with E-state index in [1.54, 1.807) is 5.06 Å². The lowest BCUT2D eigenvalue weighted by atomic mass is 10.1. The van der Waals surface area contributed by atoms with Gasteiger partial charge in [0.15, 0.2) is 5.82 Å². The SMILES string of the molecule is CCN(OOSc1cccc(N=Nc2c(C)cc(Nc3c(C)cccc3C)nc2Nc2c(C)cccc2C)c1)c1ccccc1. The van der Waals surface area contributed by atoms with Crippen molar-refractivity contribution in [1.82, 2.24) is 4.98 Å². The van der Waals surface area contributed by atoms with Gasteiger partial charge >= 0.3 is 0 Å². The van der Waals surface area contributed by atoms with Crippen LogP contribution in [0.5, 0.6) is 0 Å². The summed E-state index contributed by atoms with van der Waals surface area (Å²) in [5.41, 5.74) is 9.75. The number of aryl methyl sites for hydroxylation is 5. The molecule has 0 aliphatic carbocycles. The zero-order valence-electron chi connectivity index (χ0n) is 26.5. The summed E-state index contributed by atoms with van der Waals surface area (Å²) in [6.45, 7) is 13.0. The number of hydrogen-bond acceptors (Lipinski definition) is 9. The van der Waals surface area contributed by atoms with Crippen LogP contribution in [0.3, 0.4) is 0 Å². The van der Waals surface area contributed by atoms with Crippen molar-refractivity contribution in [2.75, 3.05) is 22.2 Å². The van der Waals surface area contributed by atoms with Crippen molar-refractivity contribution in [1.29, 1.82) is 0 Å². The van der Waals surface area contributed by atoms with Crippen molar-refractivity contribution >= 4 is 52.1 Å². The Morgan fingerprint density at radius 3 is 1.96 bits per heavy atom. The first-order valence-corrected chi connectivity index (χ1v) is 15.6. The van der Waals surface area contributed by atoms with Crippen LogP contribution in [0.1, 0.15) is 34.7 Å². The highest BCUT2D eigenvalue weighted by molar-refractivity contribution is 7.94. The van der Waals surface area contributed by atoms with E-state index in [0.29, 0.717) is 23.7 Å². The number of anilines is 5. The summed E-state index contributed by atoms with van der Waals surface area (Å²) in [7, 11) is 0. The number of azo groups is 1. The van der Waals surface area contributed by atoms with Crippen LogP contribution in [0.4, 0.5) is 40.1 Å². The molecule has 0 saturated carbocycles. The highest BCUT2D eigenvalue weighted by Gasteiger charge is 2.15. The largest absolute Gasteiger partial charge is 0.340 e. The molecule has 4 aromatic carbocycles. The van der Waals surface area contributed by atoms with Gasteiger partial charge < -0.3 is 10.6 Å². The number of aromatic nitrogens is 1. The summed E-state index contributed by atoms with van der Waals surface area (Å²) >= 11 is 1.11. The molecule has 8 nitrogen and oxygen atoms in total. The number of nitrogens with one attached hydrogen (secondary N) is 2. The van der Waals surface area contributed by atoms with Gasteiger partial charge in [-0.3, -0.25) is 0 Å². The molecule has 0 fully saturated rings. The second-order valence-corrected chi connectivity index (χ2v) is 11.5. The lowest BCUT2D eigenvalue weighted by Crippen LogP contribution is -2.21. The van der Waals surface area contributed by atoms with E-state index in [4.69, 9.17) is 19.4 Å². The van der Waals surface area contributed by atoms with E-state index in [1.165, 1.54) is 0 Å². The molecule has 0 spiro atoms. The van der Waals surface area contributed by atoms with Crippen LogP contribution in [-0.2, 0) is 9.32 Å². The maximum absolute atomic E-state index is 5.55. The van der Waals surface area contributed by atoms with Crippen LogP contribution in [0, 0.1) is 34.6 Å². The van der Waals surface area contributed by atoms with Gasteiger partial charge in [-0.15, -0.1) is 9.45 Å². The number of hydrogen-bond donors (Lipinski definition) is 2. The molecule has 0 amide bonds. The van der Waals surface area contributed by atoms with Crippen molar-refractivity contribution in [2.24, 2.45) is 10.2 Å². The fourth-order valence-corrected chi connectivity index (χ4v) is 5.37. The van der Waals surface area contributed by atoms with Crippen LogP contribution >= 0.6 is 12.0 Å². The number of nitrogens with zero attached hydrogens (tertiary/aromatic N) is 4. The Kier molecular flexibility index (Phi) is 10.5. The highest BCUT2D eigenvalue weighted by Crippen LogP contribution is 2.37. The minimum absolute atomic E-state index is 0.618. The Labute approximate surface area is 269 Å². The van der Waals surface area contributed by atoms with E-state index in [-0.39, 0.29) is 0 Å². The second-order valence-electron chi connectivity index (χ2n) is 10.8. The number of para-hydroxylation sites is 3. The number of hydroxylamine groups is 1. The monoisotopic (exact) mass is 618 g/mol. The van der Waals surface area contributed by atoms with Gasteiger partial charge in [0.05, 0.1) is 23.4 Å². The fraction of sp³-hybridized carbons (Fsp3) is 0.194. The van der Waals surface area contributed by atoms with Crippen LogP contribution in [-0.4, -0.2) is 11.5 Å². The Bertz CT molecular complexity index is 1750. The summed E-state index contributed by atoms with van der Waals surface area (Å²) < 4.78 is 5.49. The summed E-state index contributed by atoms with van der Waals surface area (Å²) in [6.07, 6.45) is 0. The van der Waals surface area contributed by atoms with Crippen molar-refractivity contribution in [3.05, 3.63) is 125 Å². The first kappa shape index (κ1) is 31.7. The van der Waals surface area contributed by atoms with Crippen molar-refractivity contribution in [2.45, 2.75) is 46.4 Å². The third kappa shape index (κ3) is 8.07. The Hall–Kier alpha value is -4.70. The number of pyridine rings is 1. The summed E-state index contributed by atoms with van der Waals surface area (Å²) in [5.74, 6) is 1.34. The molecule has 0 atom stereocenters. The minimum atomic E-state index is 0.618. The van der Waals surface area contributed by atoms with Crippen LogP contribution in [0.2, 0.25) is 0 Å². The first-order chi connectivity index (χ1) is 21.8. The Balaban J connectivity index is 1.39. The molecule has 0 radical (unpaired) electrons. The maximum atomic E-state index is 5.55. The van der Waals surface area contributed by atoms with E-state index in [0.717, 1.165) is 67.6 Å². The van der Waals surface area contributed by atoms with Gasteiger partial charge in [0, 0.05) is 22.8 Å². The predicted molar refractivity (Wildman–Crippen MR) is 185 cm³/mol. The second kappa shape index (κ2) is 14.9. The molecule has 0 unspecified atom stereocenters. The van der Waals surface area contributed by atoms with Crippen molar-refractivity contribution in [3.63, 3.8) is 0 Å². The van der Waals surface area contributed by atoms with E-state index < -0.39 is 0 Å². The van der Waals surface area contributed by atoms with E-state index in [1.807, 2.05) is 74.5 Å². The molecule has 2 N–H and O–H groups in total. The molecule has 5 rings (SSSR count). The Morgan fingerprint density at radius 1 is 0.689 bits per heavy atom. The zero-order valence-corrected chi connectivity index (χ0v) is 27.3. The van der Waals surface area contributed by atoms with E-state index in [2.05, 4.69) is 79.8 Å². The zero-order chi connectivity index (χ0) is 31.8. The van der Waals surface area contributed by atoms with Gasteiger partial charge in [-0.25, -0.2) is 10.0 Å². The maximum Gasteiger partial charge on any atom is 0.161 e. The van der Waals surface area contributed by atoms with Crippen LogP contribution in [0.15, 0.2) is 112 Å². The van der Waals surface area contributed by atoms with Gasteiger partial charge in [0.1, 0.15) is 11.5 Å². The topological polar surface area (TPSA) is 83.4 Å². The standard InChI is InChI=1S/C36H38N6O2S/c1-7-42(30-19-9-8-10-20-30)43-44-45-31-21-13-18-29(23-31)40-41-35-28(6)22-32(37-33-24(2)14-11-15-25(33)3)38-36(35)39-34-26(4)16-12-17-27(34)5/h8-23H,7H2,1-6H3,(H2,37,38,39). The van der Waals surface area contributed by atoms with Crippen molar-refractivity contribution in [3.8, 4) is 0 Å². The minimum Gasteiger partial charge on any atom is -0.340 e. The van der Waals surface area contributed by atoms with Gasteiger partial charge in [0.2, 0.25) is 0 Å². The molecule has 5 aromatic rings.